The van der Waals surface area contributed by atoms with E-state index in [-0.39, 0.29) is 18.8 Å². The lowest BCUT2D eigenvalue weighted by Gasteiger charge is -2.01. The van der Waals surface area contributed by atoms with Gasteiger partial charge in [-0.2, -0.15) is 5.10 Å². The standard InChI is InChI=1S/C10H9FN4O.ClH/c11-8-5-14-15(6-8)10-2-1-7(4-13-10)3-9(12)16;/h1-2,4-6H,3H2,(H2,12,16);1H. The number of amides is 1. The summed E-state index contributed by atoms with van der Waals surface area (Å²) in [6, 6.07) is 3.34. The summed E-state index contributed by atoms with van der Waals surface area (Å²) in [5.41, 5.74) is 5.76. The molecule has 0 fully saturated rings. The number of nitrogens with two attached hydrogens (primary N) is 1. The Morgan fingerprint density at radius 1 is 1.41 bits per heavy atom. The van der Waals surface area contributed by atoms with Crippen molar-refractivity contribution >= 4 is 18.3 Å². The molecule has 0 saturated heterocycles. The Bertz CT molecular complexity index is 511. The number of halogens is 2. The number of aromatic nitrogens is 3. The lowest BCUT2D eigenvalue weighted by molar-refractivity contribution is -0.117. The number of carbonyl (C=O) groups excluding carboxylic acids is 1. The van der Waals surface area contributed by atoms with Gasteiger partial charge in [-0.3, -0.25) is 4.79 Å². The Labute approximate surface area is 103 Å². The van der Waals surface area contributed by atoms with Gasteiger partial charge < -0.3 is 5.73 Å². The second-order valence-electron chi connectivity index (χ2n) is 3.27. The van der Waals surface area contributed by atoms with Crippen molar-refractivity contribution in [1.29, 1.82) is 0 Å². The SMILES string of the molecule is Cl.NC(=O)Cc1ccc(-n2cc(F)cn2)nc1. The van der Waals surface area contributed by atoms with Gasteiger partial charge in [-0.05, 0) is 11.6 Å². The highest BCUT2D eigenvalue weighted by atomic mass is 35.5. The van der Waals surface area contributed by atoms with E-state index < -0.39 is 11.7 Å². The zero-order chi connectivity index (χ0) is 11.5. The number of rotatable bonds is 3. The molecule has 0 spiro atoms. The fourth-order valence-corrected chi connectivity index (χ4v) is 1.28. The third-order valence-electron chi connectivity index (χ3n) is 1.97. The molecule has 2 aromatic heterocycles. The molecule has 2 heterocycles. The second kappa shape index (κ2) is 5.40. The minimum Gasteiger partial charge on any atom is -0.369 e. The maximum atomic E-state index is 12.7. The number of hydrogen-bond donors (Lipinski definition) is 1. The van der Waals surface area contributed by atoms with Gasteiger partial charge in [-0.25, -0.2) is 14.1 Å². The molecule has 0 unspecified atom stereocenters. The van der Waals surface area contributed by atoms with Crippen molar-refractivity contribution in [1.82, 2.24) is 14.8 Å². The van der Waals surface area contributed by atoms with Gasteiger partial charge in [0.25, 0.3) is 0 Å². The third-order valence-corrected chi connectivity index (χ3v) is 1.97. The fourth-order valence-electron chi connectivity index (χ4n) is 1.28. The first-order chi connectivity index (χ1) is 7.65. The monoisotopic (exact) mass is 256 g/mol. The maximum Gasteiger partial charge on any atom is 0.221 e. The Hall–Kier alpha value is -1.95. The first-order valence-corrected chi connectivity index (χ1v) is 4.59. The van der Waals surface area contributed by atoms with Crippen LogP contribution in [0.25, 0.3) is 5.82 Å². The largest absolute Gasteiger partial charge is 0.369 e. The molecule has 1 amide bonds. The van der Waals surface area contributed by atoms with Crippen LogP contribution < -0.4 is 5.73 Å². The molecule has 2 aromatic rings. The molecular weight excluding hydrogens is 247 g/mol. The first kappa shape index (κ1) is 13.1. The van der Waals surface area contributed by atoms with Gasteiger partial charge in [0.2, 0.25) is 5.91 Å². The summed E-state index contributed by atoms with van der Waals surface area (Å²) in [6.07, 6.45) is 3.97. The summed E-state index contributed by atoms with van der Waals surface area (Å²) in [4.78, 5) is 14.7. The summed E-state index contributed by atoms with van der Waals surface area (Å²) < 4.78 is 14.0. The first-order valence-electron chi connectivity index (χ1n) is 4.59. The molecule has 0 aliphatic carbocycles. The van der Waals surface area contributed by atoms with Gasteiger partial charge in [-0.15, -0.1) is 12.4 Å². The highest BCUT2D eigenvalue weighted by molar-refractivity contribution is 5.85. The van der Waals surface area contributed by atoms with Crippen LogP contribution in [0, 0.1) is 5.82 Å². The van der Waals surface area contributed by atoms with Crippen LogP contribution in [0.15, 0.2) is 30.7 Å². The fraction of sp³-hybridized carbons (Fsp3) is 0.100. The molecule has 5 nitrogen and oxygen atoms in total. The smallest absolute Gasteiger partial charge is 0.221 e. The number of hydrogen-bond acceptors (Lipinski definition) is 3. The van der Waals surface area contributed by atoms with E-state index in [2.05, 4.69) is 10.1 Å². The quantitative estimate of drug-likeness (QED) is 0.885. The van der Waals surface area contributed by atoms with E-state index in [1.54, 1.807) is 12.1 Å². The average molecular weight is 257 g/mol. The molecule has 0 aliphatic rings. The van der Waals surface area contributed by atoms with E-state index in [1.807, 2.05) is 0 Å². The van der Waals surface area contributed by atoms with Gasteiger partial charge in [0.1, 0.15) is 0 Å². The van der Waals surface area contributed by atoms with Gasteiger partial charge in [0, 0.05) is 6.20 Å². The third kappa shape index (κ3) is 3.25. The zero-order valence-corrected chi connectivity index (χ0v) is 9.52. The second-order valence-corrected chi connectivity index (χ2v) is 3.27. The van der Waals surface area contributed by atoms with Crippen LogP contribution in [0.5, 0.6) is 0 Å². The van der Waals surface area contributed by atoms with Crippen LogP contribution in [0.1, 0.15) is 5.56 Å². The predicted octanol–water partition coefficient (Wildman–Crippen LogP) is 0.856. The van der Waals surface area contributed by atoms with E-state index in [4.69, 9.17) is 5.73 Å². The Kier molecular flexibility index (Phi) is 4.17. The van der Waals surface area contributed by atoms with Crippen LogP contribution in [0.4, 0.5) is 4.39 Å². The van der Waals surface area contributed by atoms with Crippen molar-refractivity contribution in [3.63, 3.8) is 0 Å². The highest BCUT2D eigenvalue weighted by Crippen LogP contribution is 2.06. The number of carbonyl (C=O) groups is 1. The molecule has 2 rings (SSSR count). The molecular formula is C10H10ClFN4O. The van der Waals surface area contributed by atoms with Crippen LogP contribution >= 0.6 is 12.4 Å². The molecule has 7 heteroatoms. The highest BCUT2D eigenvalue weighted by Gasteiger charge is 2.03. The van der Waals surface area contributed by atoms with E-state index in [0.717, 1.165) is 6.20 Å². The number of nitrogens with zero attached hydrogens (tertiary/aromatic N) is 3. The summed E-state index contributed by atoms with van der Waals surface area (Å²) in [7, 11) is 0. The Balaban J connectivity index is 0.00000144. The molecule has 0 saturated carbocycles. The molecule has 0 radical (unpaired) electrons. The van der Waals surface area contributed by atoms with E-state index in [1.165, 1.54) is 17.1 Å². The molecule has 2 N–H and O–H groups in total. The van der Waals surface area contributed by atoms with Gasteiger partial charge >= 0.3 is 0 Å². The number of primary amides is 1. The predicted molar refractivity (Wildman–Crippen MR) is 61.5 cm³/mol. The van der Waals surface area contributed by atoms with Crippen LogP contribution in [0.3, 0.4) is 0 Å². The van der Waals surface area contributed by atoms with Gasteiger partial charge in [0.05, 0.1) is 18.8 Å². The summed E-state index contributed by atoms with van der Waals surface area (Å²) in [5.74, 6) is -0.361. The minimum absolute atomic E-state index is 0. The van der Waals surface area contributed by atoms with Crippen molar-refractivity contribution in [2.75, 3.05) is 0 Å². The average Bonchev–Trinajstić information content (AvgIpc) is 2.65. The summed E-state index contributed by atoms with van der Waals surface area (Å²) >= 11 is 0. The number of pyridine rings is 1. The van der Waals surface area contributed by atoms with E-state index >= 15 is 0 Å². The van der Waals surface area contributed by atoms with Crippen molar-refractivity contribution < 1.29 is 9.18 Å². The normalized spacial score (nSPS) is 9.71. The van der Waals surface area contributed by atoms with E-state index in [9.17, 15) is 9.18 Å². The van der Waals surface area contributed by atoms with Crippen LogP contribution in [0.2, 0.25) is 0 Å². The molecule has 17 heavy (non-hydrogen) atoms. The maximum absolute atomic E-state index is 12.7. The van der Waals surface area contributed by atoms with Crippen LogP contribution in [-0.2, 0) is 11.2 Å². The summed E-state index contributed by atoms with van der Waals surface area (Å²) in [5, 5.41) is 3.76. The van der Waals surface area contributed by atoms with E-state index in [0.29, 0.717) is 11.4 Å². The molecule has 0 bridgehead atoms. The molecule has 0 aromatic carbocycles. The van der Waals surface area contributed by atoms with Crippen molar-refractivity contribution in [3.05, 3.63) is 42.1 Å². The lowest BCUT2D eigenvalue weighted by atomic mass is 10.2. The topological polar surface area (TPSA) is 73.8 Å². The van der Waals surface area contributed by atoms with Crippen molar-refractivity contribution in [2.45, 2.75) is 6.42 Å². The minimum atomic E-state index is -0.428. The molecule has 0 atom stereocenters. The van der Waals surface area contributed by atoms with Gasteiger partial charge in [-0.1, -0.05) is 6.07 Å². The van der Waals surface area contributed by atoms with Crippen molar-refractivity contribution in [3.8, 4) is 5.82 Å². The van der Waals surface area contributed by atoms with Gasteiger partial charge in [0.15, 0.2) is 11.6 Å². The molecule has 90 valence electrons. The molecule has 0 aliphatic heterocycles. The Morgan fingerprint density at radius 3 is 2.65 bits per heavy atom. The summed E-state index contributed by atoms with van der Waals surface area (Å²) in [6.45, 7) is 0. The Morgan fingerprint density at radius 2 is 2.18 bits per heavy atom. The zero-order valence-electron chi connectivity index (χ0n) is 8.71. The van der Waals surface area contributed by atoms with Crippen LogP contribution in [-0.4, -0.2) is 20.7 Å². The van der Waals surface area contributed by atoms with Crippen molar-refractivity contribution in [2.24, 2.45) is 5.73 Å². The lowest BCUT2D eigenvalue weighted by Crippen LogP contribution is -2.13.